The SMILES string of the molecule is Cc1cccc[c]1[Sb-]([Cl])([Cl])([Cl])([Cl])[Cl].c1cc[nH+]cc1. The van der Waals surface area contributed by atoms with E-state index in [0.29, 0.717) is 3.51 Å². The van der Waals surface area contributed by atoms with Gasteiger partial charge >= 0.3 is 94.7 Å². The average Bonchev–Trinajstić information content (AvgIpc) is 2.29. The maximum absolute atomic E-state index is 5.93. The molecular formula is C12H13Cl5NSb. The molecule has 0 unspecified atom stereocenters. The van der Waals surface area contributed by atoms with Gasteiger partial charge in [-0.15, -0.1) is 0 Å². The van der Waals surface area contributed by atoms with Gasteiger partial charge in [0.2, 0.25) is 0 Å². The number of pyridine rings is 1. The van der Waals surface area contributed by atoms with E-state index in [2.05, 4.69) is 4.98 Å². The van der Waals surface area contributed by atoms with E-state index in [0.717, 1.165) is 5.56 Å². The molecule has 0 fully saturated rings. The Bertz CT molecular complexity index is 512. The van der Waals surface area contributed by atoms with Gasteiger partial charge in [0, 0.05) is 12.1 Å². The Labute approximate surface area is 129 Å². The van der Waals surface area contributed by atoms with Crippen LogP contribution in [0.2, 0.25) is 0 Å². The van der Waals surface area contributed by atoms with Crippen molar-refractivity contribution in [1.82, 2.24) is 0 Å². The average molecular weight is 470 g/mol. The third-order valence-electron chi connectivity index (χ3n) is 2.18. The molecule has 106 valence electrons. The van der Waals surface area contributed by atoms with Crippen molar-refractivity contribution < 1.29 is 4.98 Å². The summed E-state index contributed by atoms with van der Waals surface area (Å²) in [7, 11) is 24.1. The summed E-state index contributed by atoms with van der Waals surface area (Å²) in [5.74, 6) is 0. The molecule has 0 bridgehead atoms. The van der Waals surface area contributed by atoms with Crippen LogP contribution in [0.5, 0.6) is 0 Å². The van der Waals surface area contributed by atoms with Crippen LogP contribution in [0.1, 0.15) is 5.56 Å². The number of aromatic nitrogens is 1. The predicted molar refractivity (Wildman–Crippen MR) is 88.8 cm³/mol. The minimum absolute atomic E-state index is 0.435. The fourth-order valence-electron chi connectivity index (χ4n) is 1.38. The van der Waals surface area contributed by atoms with Crippen molar-refractivity contribution in [1.29, 1.82) is 0 Å². The molecule has 2 rings (SSSR count). The molecule has 0 saturated heterocycles. The van der Waals surface area contributed by atoms with Gasteiger partial charge in [-0.1, -0.05) is 6.07 Å². The molecule has 0 amide bonds. The third-order valence-corrected chi connectivity index (χ3v) is 12.3. The predicted octanol–water partition coefficient (Wildman–Crippen LogP) is 4.74. The molecule has 1 heterocycles. The van der Waals surface area contributed by atoms with Gasteiger partial charge < -0.3 is 0 Å². The number of hydrogen-bond donors (Lipinski definition) is 0. The zero-order valence-electron chi connectivity index (χ0n) is 10.0. The molecule has 0 radical (unpaired) electrons. The van der Waals surface area contributed by atoms with Gasteiger partial charge in [-0.2, -0.15) is 0 Å². The van der Waals surface area contributed by atoms with Gasteiger partial charge in [0.15, 0.2) is 12.4 Å². The summed E-state index contributed by atoms with van der Waals surface area (Å²) in [6.45, 7) is 1.80. The van der Waals surface area contributed by atoms with Crippen LogP contribution in [0.3, 0.4) is 0 Å². The minimum atomic E-state index is -5.53. The molecule has 0 saturated carbocycles. The summed E-state index contributed by atoms with van der Waals surface area (Å²) in [4.78, 5) is 2.89. The molecule has 0 aliphatic carbocycles. The van der Waals surface area contributed by atoms with Crippen LogP contribution in [-0.2, 0) is 0 Å². The number of aromatic amines is 1. The van der Waals surface area contributed by atoms with E-state index in [1.807, 2.05) is 36.7 Å². The van der Waals surface area contributed by atoms with Crippen molar-refractivity contribution in [2.24, 2.45) is 0 Å². The summed E-state index contributed by atoms with van der Waals surface area (Å²) < 4.78 is 0.435. The van der Waals surface area contributed by atoms with Crippen molar-refractivity contribution in [3.63, 3.8) is 0 Å². The van der Waals surface area contributed by atoms with Crippen LogP contribution in [-0.4, -0.2) is 10.3 Å². The van der Waals surface area contributed by atoms with Gasteiger partial charge in [0.05, 0.1) is 0 Å². The first kappa shape index (κ1) is 17.7. The van der Waals surface area contributed by atoms with Crippen molar-refractivity contribution in [3.8, 4) is 0 Å². The zero-order chi connectivity index (χ0) is 14.6. The molecule has 19 heavy (non-hydrogen) atoms. The van der Waals surface area contributed by atoms with Crippen LogP contribution in [0.25, 0.3) is 0 Å². The van der Waals surface area contributed by atoms with E-state index in [1.54, 1.807) is 25.1 Å². The second kappa shape index (κ2) is 5.79. The van der Waals surface area contributed by atoms with Crippen molar-refractivity contribution in [2.75, 3.05) is 0 Å². The van der Waals surface area contributed by atoms with Crippen molar-refractivity contribution in [3.05, 3.63) is 60.4 Å². The maximum Gasteiger partial charge on any atom is 0.166 e. The molecule has 0 aliphatic heterocycles. The van der Waals surface area contributed by atoms with E-state index in [-0.39, 0.29) is 0 Å². The Balaban J connectivity index is 0.000000250. The second-order valence-corrected chi connectivity index (χ2v) is 51.3. The molecule has 1 aromatic heterocycles. The van der Waals surface area contributed by atoms with Crippen molar-refractivity contribution >= 4 is 57.9 Å². The summed E-state index contributed by atoms with van der Waals surface area (Å²) in [6.07, 6.45) is 3.75. The molecule has 1 nitrogen and oxygen atoms in total. The van der Waals surface area contributed by atoms with Gasteiger partial charge in [-0.25, -0.2) is 4.98 Å². The number of benzene rings is 1. The summed E-state index contributed by atoms with van der Waals surface area (Å²) in [5.41, 5.74) is 0.793. The minimum Gasteiger partial charge on any atom is -0.218 e. The quantitative estimate of drug-likeness (QED) is 0.535. The van der Waals surface area contributed by atoms with E-state index < -0.39 is 10.3 Å². The van der Waals surface area contributed by atoms with E-state index in [4.69, 9.17) is 44.1 Å². The van der Waals surface area contributed by atoms with E-state index >= 15 is 0 Å². The van der Waals surface area contributed by atoms with Crippen LogP contribution in [0, 0.1) is 6.92 Å². The summed E-state index contributed by atoms with van der Waals surface area (Å²) in [6, 6.07) is 12.9. The Kier molecular flexibility index (Phi) is 5.39. The Hall–Kier alpha value is 0.638. The van der Waals surface area contributed by atoms with Crippen LogP contribution in [0.4, 0.5) is 0 Å². The second-order valence-electron chi connectivity index (χ2n) is 3.93. The topological polar surface area (TPSA) is 14.1 Å². The van der Waals surface area contributed by atoms with Gasteiger partial charge in [-0.3, -0.25) is 0 Å². The fourth-order valence-corrected chi connectivity index (χ4v) is 10.9. The summed E-state index contributed by atoms with van der Waals surface area (Å²) >= 11 is 0. The number of aryl methyl sites for hydroxylation is 1. The molecule has 1 aromatic carbocycles. The fraction of sp³-hybridized carbons (Fsp3) is 0.0833. The van der Waals surface area contributed by atoms with Gasteiger partial charge in [-0.05, 0) is 0 Å². The standard InChI is InChI=1S/C7H7.C5H5N.5ClH.Sb/c1-7-5-3-2-4-6-7;1-2-4-6-5-3-1;;;;;;/h2-5H,1H3;1-5H;5*1H;/q;;;;;;;+4/p-4. The Morgan fingerprint density at radius 1 is 0.789 bits per heavy atom. The molecule has 0 atom stereocenters. The number of nitrogens with one attached hydrogen (secondary N) is 1. The molecule has 7 heteroatoms. The maximum atomic E-state index is 5.93. The molecule has 0 spiro atoms. The van der Waals surface area contributed by atoms with Crippen LogP contribution >= 0.6 is 44.1 Å². The largest absolute Gasteiger partial charge is 0.218 e. The first-order chi connectivity index (χ1) is 8.50. The molecule has 1 N–H and O–H groups in total. The van der Waals surface area contributed by atoms with Crippen LogP contribution in [0.15, 0.2) is 54.9 Å². The normalized spacial score (nSPS) is 14.6. The first-order valence-electron chi connectivity index (χ1n) is 5.31. The van der Waals surface area contributed by atoms with Crippen LogP contribution < -0.4 is 8.49 Å². The van der Waals surface area contributed by atoms with Gasteiger partial charge in [0.25, 0.3) is 0 Å². The van der Waals surface area contributed by atoms with E-state index in [9.17, 15) is 0 Å². The zero-order valence-corrected chi connectivity index (χ0v) is 16.4. The van der Waals surface area contributed by atoms with E-state index in [1.165, 1.54) is 0 Å². The number of rotatable bonds is 1. The summed E-state index contributed by atoms with van der Waals surface area (Å²) in [5, 5.41) is 0. The Morgan fingerprint density at radius 2 is 1.32 bits per heavy atom. The molecular weight excluding hydrogens is 457 g/mol. The van der Waals surface area contributed by atoms with Crippen molar-refractivity contribution in [2.45, 2.75) is 6.92 Å². The first-order valence-corrected chi connectivity index (χ1v) is 22.7. The number of halogens is 5. The molecule has 2 aromatic rings. The monoisotopic (exact) mass is 467 g/mol. The number of H-pyrrole nitrogens is 1. The smallest absolute Gasteiger partial charge is 0.166 e. The van der Waals surface area contributed by atoms with Gasteiger partial charge in [0.1, 0.15) is 0 Å². The molecule has 0 aliphatic rings. The number of hydrogen-bond acceptors (Lipinski definition) is 0. The third kappa shape index (κ3) is 6.75. The Morgan fingerprint density at radius 3 is 1.58 bits per heavy atom.